The number of likely N-dealkylation sites (N-methyl/N-ethyl adjacent to an activating group) is 1. The summed E-state index contributed by atoms with van der Waals surface area (Å²) in [5.74, 6) is -0.172. The average molecular weight is 674 g/mol. The highest BCUT2D eigenvalue weighted by Crippen LogP contribution is 2.54. The predicted molar refractivity (Wildman–Crippen MR) is 177 cm³/mol. The molecule has 12 nitrogen and oxygen atoms in total. The zero-order chi connectivity index (χ0) is 34.2. The summed E-state index contributed by atoms with van der Waals surface area (Å²) in [6.07, 6.45) is 1.05. The van der Waals surface area contributed by atoms with Gasteiger partial charge in [0.05, 0.1) is 55.7 Å². The summed E-state index contributed by atoms with van der Waals surface area (Å²) in [4.78, 5) is 34.7. The minimum Gasteiger partial charge on any atom is -0.497 e. The number of hydrogen-bond donors (Lipinski definition) is 0. The van der Waals surface area contributed by atoms with Crippen molar-refractivity contribution in [1.29, 1.82) is 5.26 Å². The maximum absolute atomic E-state index is 15.5. The number of nitrogens with zero attached hydrogens (tertiary/aromatic N) is 5. The van der Waals surface area contributed by atoms with Crippen LogP contribution in [0.3, 0.4) is 0 Å². The van der Waals surface area contributed by atoms with Crippen molar-refractivity contribution >= 4 is 27.5 Å². The standard InChI is InChI=1S/C35H39N5O7S/c1-37(2)33(41)31-6-5-15-39(31)35(29-21-25(8-14-32(29)46-4)23-38-16-18-47-19-17-38)28-20-24(22-36)7-13-30(28)40(34(35)42)48(43,44)27-11-9-26(45-3)10-12-27/h7-14,20-21,31H,5-6,15-19,23H2,1-4H3/t31?,35-/m0/s1. The minimum atomic E-state index is -4.50. The maximum Gasteiger partial charge on any atom is 0.271 e. The molecule has 0 spiro atoms. The number of carbonyl (C=O) groups excluding carboxylic acids is 2. The van der Waals surface area contributed by atoms with Crippen molar-refractivity contribution in [2.75, 3.05) is 65.5 Å². The molecule has 3 aliphatic rings. The van der Waals surface area contributed by atoms with Gasteiger partial charge in [0.15, 0.2) is 5.54 Å². The molecular weight excluding hydrogens is 634 g/mol. The Morgan fingerprint density at radius 3 is 2.38 bits per heavy atom. The number of likely N-dealkylation sites (tertiary alicyclic amines) is 1. The number of nitriles is 1. The Morgan fingerprint density at radius 2 is 1.73 bits per heavy atom. The summed E-state index contributed by atoms with van der Waals surface area (Å²) in [6, 6.07) is 17.4. The molecule has 2 fully saturated rings. The number of hydrogen-bond acceptors (Lipinski definition) is 10. The third-order valence-electron chi connectivity index (χ3n) is 9.40. The first-order chi connectivity index (χ1) is 23.1. The van der Waals surface area contributed by atoms with Gasteiger partial charge in [-0.05, 0) is 73.0 Å². The zero-order valence-electron chi connectivity index (χ0n) is 27.5. The lowest BCUT2D eigenvalue weighted by Gasteiger charge is -2.42. The molecule has 3 heterocycles. The molecule has 2 amide bonds. The van der Waals surface area contributed by atoms with Gasteiger partial charge in [0.2, 0.25) is 5.91 Å². The van der Waals surface area contributed by atoms with Gasteiger partial charge in [-0.1, -0.05) is 6.07 Å². The lowest BCUT2D eigenvalue weighted by molar-refractivity contribution is -0.138. The van der Waals surface area contributed by atoms with Crippen LogP contribution in [0.15, 0.2) is 65.6 Å². The van der Waals surface area contributed by atoms with Crippen molar-refractivity contribution < 1.29 is 32.2 Å². The van der Waals surface area contributed by atoms with Crippen molar-refractivity contribution in [3.05, 3.63) is 82.9 Å². The fraction of sp³-hybridized carbons (Fsp3) is 0.400. The molecule has 6 rings (SSSR count). The number of carbonyl (C=O) groups is 2. The number of benzene rings is 3. The summed E-state index contributed by atoms with van der Waals surface area (Å²) in [7, 11) is 1.80. The highest BCUT2D eigenvalue weighted by molar-refractivity contribution is 7.93. The molecule has 0 N–H and O–H groups in total. The quantitative estimate of drug-likeness (QED) is 0.334. The molecule has 0 bridgehead atoms. The Hall–Kier alpha value is -4.48. The second-order valence-electron chi connectivity index (χ2n) is 12.3. The fourth-order valence-electron chi connectivity index (χ4n) is 7.10. The Labute approximate surface area is 281 Å². The largest absolute Gasteiger partial charge is 0.497 e. The van der Waals surface area contributed by atoms with E-state index >= 15 is 4.79 Å². The van der Waals surface area contributed by atoms with Crippen LogP contribution in [-0.2, 0) is 36.4 Å². The SMILES string of the molecule is COc1ccc(S(=O)(=O)N2C(=O)[C@](c3cc(CN4CCOCC4)ccc3OC)(N3CCCC3C(=O)N(C)C)c3cc(C#N)ccc32)cc1. The summed E-state index contributed by atoms with van der Waals surface area (Å²) in [6.45, 7) is 3.56. The number of rotatable bonds is 9. The number of morpholine rings is 1. The molecule has 252 valence electrons. The van der Waals surface area contributed by atoms with Crippen molar-refractivity contribution in [3.63, 3.8) is 0 Å². The average Bonchev–Trinajstić information content (AvgIpc) is 3.69. The third kappa shape index (κ3) is 5.48. The van der Waals surface area contributed by atoms with Gasteiger partial charge in [0, 0.05) is 51.4 Å². The first-order valence-corrected chi connectivity index (χ1v) is 17.3. The van der Waals surface area contributed by atoms with E-state index in [-0.39, 0.29) is 22.1 Å². The second kappa shape index (κ2) is 13.2. The van der Waals surface area contributed by atoms with Crippen molar-refractivity contribution in [2.45, 2.75) is 35.9 Å². The molecule has 2 atom stereocenters. The van der Waals surface area contributed by atoms with Gasteiger partial charge in [-0.25, -0.2) is 12.7 Å². The topological polar surface area (TPSA) is 133 Å². The van der Waals surface area contributed by atoms with E-state index in [0.717, 1.165) is 23.0 Å². The van der Waals surface area contributed by atoms with Crippen LogP contribution in [0, 0.1) is 11.3 Å². The molecule has 0 aliphatic carbocycles. The molecule has 0 saturated carbocycles. The van der Waals surface area contributed by atoms with Gasteiger partial charge in [-0.15, -0.1) is 0 Å². The van der Waals surface area contributed by atoms with E-state index in [1.807, 2.05) is 17.0 Å². The Morgan fingerprint density at radius 1 is 1.00 bits per heavy atom. The minimum absolute atomic E-state index is 0.110. The molecule has 0 radical (unpaired) electrons. The van der Waals surface area contributed by atoms with Gasteiger partial charge in [0.1, 0.15) is 11.5 Å². The highest BCUT2D eigenvalue weighted by Gasteiger charge is 2.63. The van der Waals surface area contributed by atoms with Gasteiger partial charge in [0.25, 0.3) is 15.9 Å². The van der Waals surface area contributed by atoms with Crippen molar-refractivity contribution in [1.82, 2.24) is 14.7 Å². The maximum atomic E-state index is 15.5. The first kappa shape index (κ1) is 33.4. The van der Waals surface area contributed by atoms with E-state index < -0.39 is 27.5 Å². The van der Waals surface area contributed by atoms with Crippen LogP contribution in [-0.4, -0.2) is 102 Å². The lowest BCUT2D eigenvalue weighted by Crippen LogP contribution is -2.59. The van der Waals surface area contributed by atoms with Crippen LogP contribution in [0.4, 0.5) is 5.69 Å². The smallest absolute Gasteiger partial charge is 0.271 e. The van der Waals surface area contributed by atoms with E-state index in [1.54, 1.807) is 26.2 Å². The lowest BCUT2D eigenvalue weighted by atomic mass is 9.79. The van der Waals surface area contributed by atoms with Gasteiger partial charge < -0.3 is 19.1 Å². The fourth-order valence-corrected chi connectivity index (χ4v) is 8.56. The van der Waals surface area contributed by atoms with Crippen LogP contribution in [0.1, 0.15) is 35.1 Å². The van der Waals surface area contributed by atoms with Crippen LogP contribution >= 0.6 is 0 Å². The van der Waals surface area contributed by atoms with E-state index in [2.05, 4.69) is 11.0 Å². The predicted octanol–water partition coefficient (Wildman–Crippen LogP) is 2.94. The Bertz CT molecular complexity index is 1870. The number of anilines is 1. The molecule has 2 saturated heterocycles. The van der Waals surface area contributed by atoms with Crippen molar-refractivity contribution in [3.8, 4) is 17.6 Å². The van der Waals surface area contributed by atoms with E-state index in [4.69, 9.17) is 14.2 Å². The molecule has 3 aromatic carbocycles. The zero-order valence-corrected chi connectivity index (χ0v) is 28.3. The van der Waals surface area contributed by atoms with Crippen LogP contribution < -0.4 is 13.8 Å². The van der Waals surface area contributed by atoms with Crippen LogP contribution in [0.25, 0.3) is 0 Å². The monoisotopic (exact) mass is 673 g/mol. The Kier molecular flexibility index (Phi) is 9.19. The number of methoxy groups -OCH3 is 2. The highest BCUT2D eigenvalue weighted by atomic mass is 32.2. The molecule has 48 heavy (non-hydrogen) atoms. The normalized spacial score (nSPS) is 21.5. The van der Waals surface area contributed by atoms with Gasteiger partial charge in [-0.3, -0.25) is 19.4 Å². The van der Waals surface area contributed by atoms with Crippen LogP contribution in [0.5, 0.6) is 11.5 Å². The summed E-state index contributed by atoms with van der Waals surface area (Å²) in [5.41, 5.74) is 0.100. The van der Waals surface area contributed by atoms with E-state index in [0.29, 0.717) is 61.8 Å². The molecule has 13 heteroatoms. The van der Waals surface area contributed by atoms with Gasteiger partial charge in [-0.2, -0.15) is 5.26 Å². The summed E-state index contributed by atoms with van der Waals surface area (Å²) in [5, 5.41) is 10.0. The second-order valence-corrected chi connectivity index (χ2v) is 14.1. The van der Waals surface area contributed by atoms with Gasteiger partial charge >= 0.3 is 0 Å². The van der Waals surface area contributed by atoms with Crippen molar-refractivity contribution in [2.24, 2.45) is 0 Å². The first-order valence-electron chi connectivity index (χ1n) is 15.8. The van der Waals surface area contributed by atoms with E-state index in [1.165, 1.54) is 55.5 Å². The number of sulfonamides is 1. The third-order valence-corrected chi connectivity index (χ3v) is 11.1. The summed E-state index contributed by atoms with van der Waals surface area (Å²) < 4.78 is 46.7. The summed E-state index contributed by atoms with van der Waals surface area (Å²) >= 11 is 0. The molecule has 0 aromatic heterocycles. The molecular formula is C35H39N5O7S. The molecule has 3 aromatic rings. The number of fused-ring (bicyclic) bond motifs is 1. The number of ether oxygens (including phenoxy) is 3. The molecule has 3 aliphatic heterocycles. The Balaban J connectivity index is 1.64. The number of amides is 2. The molecule has 1 unspecified atom stereocenters. The van der Waals surface area contributed by atoms with Crippen LogP contribution in [0.2, 0.25) is 0 Å². The van der Waals surface area contributed by atoms with E-state index in [9.17, 15) is 18.5 Å².